The molecule has 0 fully saturated rings. The van der Waals surface area contributed by atoms with Crippen LogP contribution in [0.3, 0.4) is 0 Å². The lowest BCUT2D eigenvalue weighted by atomic mass is 10.1. The second-order valence-electron chi connectivity index (χ2n) is 5.27. The number of nitrogens with zero attached hydrogens (tertiary/aromatic N) is 2. The van der Waals surface area contributed by atoms with Crippen molar-refractivity contribution in [2.75, 3.05) is 0 Å². The van der Waals surface area contributed by atoms with Crippen LogP contribution in [0.25, 0.3) is 16.6 Å². The summed E-state index contributed by atoms with van der Waals surface area (Å²) in [6.07, 6.45) is 0.505. The summed E-state index contributed by atoms with van der Waals surface area (Å²) < 4.78 is 14.9. The van der Waals surface area contributed by atoms with Crippen molar-refractivity contribution in [1.29, 1.82) is 0 Å². The van der Waals surface area contributed by atoms with Gasteiger partial charge in [0.05, 0.1) is 21.6 Å². The highest BCUT2D eigenvalue weighted by Crippen LogP contribution is 2.15. The second-order valence-corrected chi connectivity index (χ2v) is 5.79. The van der Waals surface area contributed by atoms with E-state index in [1.807, 2.05) is 12.1 Å². The quantitative estimate of drug-likeness (QED) is 0.751. The number of halogens is 1. The Hall–Kier alpha value is -2.60. The molecule has 3 aromatic rings. The summed E-state index contributed by atoms with van der Waals surface area (Å²) in [6, 6.07) is 11.3. The van der Waals surface area contributed by atoms with E-state index >= 15 is 0 Å². The molecule has 116 valence electrons. The maximum Gasteiger partial charge on any atom is 0.266 e. The molecule has 0 saturated heterocycles. The molecule has 2 aromatic carbocycles. The molecule has 0 amide bonds. The molecule has 0 atom stereocenters. The van der Waals surface area contributed by atoms with Crippen LogP contribution in [-0.4, -0.2) is 14.5 Å². The van der Waals surface area contributed by atoms with Crippen LogP contribution in [0.15, 0.2) is 47.3 Å². The molecule has 0 aliphatic heterocycles. The van der Waals surface area contributed by atoms with E-state index in [2.05, 4.69) is 4.98 Å². The second kappa shape index (κ2) is 5.89. The highest BCUT2D eigenvalue weighted by atomic mass is 32.1. The van der Waals surface area contributed by atoms with Crippen LogP contribution in [0, 0.1) is 12.7 Å². The molecule has 0 radical (unpaired) electrons. The molecule has 3 rings (SSSR count). The third-order valence-electron chi connectivity index (χ3n) is 3.57. The number of hydrogen-bond donors (Lipinski definition) is 1. The summed E-state index contributed by atoms with van der Waals surface area (Å²) in [5, 5.41) is 0.253. The lowest BCUT2D eigenvalue weighted by molar-refractivity contribution is 0.629. The number of benzene rings is 2. The first-order valence-corrected chi connectivity index (χ1v) is 7.43. The van der Waals surface area contributed by atoms with Crippen molar-refractivity contribution in [3.8, 4) is 5.69 Å². The largest absolute Gasteiger partial charge is 0.393 e. The van der Waals surface area contributed by atoms with E-state index < -0.39 is 5.82 Å². The average molecular weight is 327 g/mol. The van der Waals surface area contributed by atoms with Crippen LogP contribution in [0.5, 0.6) is 0 Å². The topological polar surface area (TPSA) is 60.9 Å². The fraction of sp³-hybridized carbons (Fsp3) is 0.118. The molecule has 6 heteroatoms. The van der Waals surface area contributed by atoms with Crippen molar-refractivity contribution in [3.05, 3.63) is 70.0 Å². The molecule has 23 heavy (non-hydrogen) atoms. The van der Waals surface area contributed by atoms with Crippen molar-refractivity contribution < 1.29 is 4.39 Å². The normalized spacial score (nSPS) is 10.9. The minimum absolute atomic E-state index is 0.253. The molecule has 1 aromatic heterocycles. The maximum atomic E-state index is 13.4. The zero-order valence-corrected chi connectivity index (χ0v) is 13.2. The van der Waals surface area contributed by atoms with Crippen molar-refractivity contribution in [3.63, 3.8) is 0 Å². The van der Waals surface area contributed by atoms with Crippen LogP contribution in [0.4, 0.5) is 4.39 Å². The molecule has 0 aliphatic carbocycles. The van der Waals surface area contributed by atoms with Crippen molar-refractivity contribution in [2.24, 2.45) is 5.73 Å². The molecular formula is C17H14FN3OS. The van der Waals surface area contributed by atoms with E-state index in [9.17, 15) is 9.18 Å². The summed E-state index contributed by atoms with van der Waals surface area (Å²) in [5.74, 6) is 0.0785. The minimum atomic E-state index is -0.460. The molecule has 1 heterocycles. The van der Waals surface area contributed by atoms with Crippen molar-refractivity contribution >= 4 is 28.1 Å². The fourth-order valence-corrected chi connectivity index (χ4v) is 2.70. The van der Waals surface area contributed by atoms with E-state index in [-0.39, 0.29) is 10.9 Å². The van der Waals surface area contributed by atoms with Crippen LogP contribution in [0.2, 0.25) is 0 Å². The van der Waals surface area contributed by atoms with Gasteiger partial charge in [-0.1, -0.05) is 24.4 Å². The van der Waals surface area contributed by atoms with Gasteiger partial charge in [-0.2, -0.15) is 0 Å². The number of rotatable bonds is 3. The molecular weight excluding hydrogens is 313 g/mol. The van der Waals surface area contributed by atoms with Gasteiger partial charge in [0, 0.05) is 6.42 Å². The maximum absolute atomic E-state index is 13.4. The molecule has 4 nitrogen and oxygen atoms in total. The van der Waals surface area contributed by atoms with Gasteiger partial charge in [0.15, 0.2) is 0 Å². The molecule has 0 spiro atoms. The number of aromatic nitrogens is 2. The zero-order valence-electron chi connectivity index (χ0n) is 12.4. The third-order valence-corrected chi connectivity index (χ3v) is 3.72. The Bertz CT molecular complexity index is 964. The number of hydrogen-bond acceptors (Lipinski definition) is 3. The van der Waals surface area contributed by atoms with E-state index in [0.29, 0.717) is 28.4 Å². The minimum Gasteiger partial charge on any atom is -0.393 e. The summed E-state index contributed by atoms with van der Waals surface area (Å²) in [4.78, 5) is 17.5. The van der Waals surface area contributed by atoms with Gasteiger partial charge in [0.2, 0.25) is 0 Å². The van der Waals surface area contributed by atoms with Gasteiger partial charge in [-0.05, 0) is 42.8 Å². The Balaban J connectivity index is 2.16. The number of nitrogens with two attached hydrogens (primary N) is 1. The highest BCUT2D eigenvalue weighted by Gasteiger charge is 2.10. The van der Waals surface area contributed by atoms with Crippen LogP contribution < -0.4 is 11.3 Å². The predicted octanol–water partition coefficient (Wildman–Crippen LogP) is 2.66. The van der Waals surface area contributed by atoms with Crippen LogP contribution in [0.1, 0.15) is 11.4 Å². The number of fused-ring (bicyclic) bond motifs is 1. The Morgan fingerprint density at radius 1 is 1.26 bits per heavy atom. The van der Waals surface area contributed by atoms with Gasteiger partial charge in [-0.25, -0.2) is 9.37 Å². The first-order chi connectivity index (χ1) is 11.0. The smallest absolute Gasteiger partial charge is 0.266 e. The van der Waals surface area contributed by atoms with Crippen molar-refractivity contribution in [1.82, 2.24) is 9.55 Å². The lowest BCUT2D eigenvalue weighted by Gasteiger charge is -2.11. The Kier molecular flexibility index (Phi) is 3.92. The standard InChI is InChI=1S/C17H14FN3OS/c1-10-20-15-7-4-12(18)9-14(15)17(22)21(10)13-5-2-11(3-6-13)8-16(19)23/h2-7,9H,8H2,1H3,(H2,19,23). The van der Waals surface area contributed by atoms with Crippen molar-refractivity contribution in [2.45, 2.75) is 13.3 Å². The van der Waals surface area contributed by atoms with Gasteiger partial charge >= 0.3 is 0 Å². The lowest BCUT2D eigenvalue weighted by Crippen LogP contribution is -2.22. The summed E-state index contributed by atoms with van der Waals surface area (Å²) in [7, 11) is 0. The zero-order chi connectivity index (χ0) is 16.6. The van der Waals surface area contributed by atoms with Gasteiger partial charge in [0.1, 0.15) is 11.6 Å². The Labute approximate surface area is 137 Å². The monoisotopic (exact) mass is 327 g/mol. The van der Waals surface area contributed by atoms with E-state index in [0.717, 1.165) is 5.56 Å². The summed E-state index contributed by atoms with van der Waals surface area (Å²) >= 11 is 4.89. The summed E-state index contributed by atoms with van der Waals surface area (Å²) in [5.41, 5.74) is 7.34. The number of thiocarbonyl (C=S) groups is 1. The average Bonchev–Trinajstić information content (AvgIpc) is 2.49. The van der Waals surface area contributed by atoms with Gasteiger partial charge in [-0.15, -0.1) is 0 Å². The van der Waals surface area contributed by atoms with E-state index in [1.54, 1.807) is 19.1 Å². The predicted molar refractivity (Wildman–Crippen MR) is 92.5 cm³/mol. The fourth-order valence-electron chi connectivity index (χ4n) is 2.54. The van der Waals surface area contributed by atoms with Crippen LogP contribution in [-0.2, 0) is 6.42 Å². The SMILES string of the molecule is Cc1nc2ccc(F)cc2c(=O)n1-c1ccc(CC(N)=S)cc1. The molecule has 0 saturated carbocycles. The summed E-state index contributed by atoms with van der Waals surface area (Å²) in [6.45, 7) is 1.74. The molecule has 0 aliphatic rings. The third kappa shape index (κ3) is 2.98. The molecule has 0 unspecified atom stereocenters. The van der Waals surface area contributed by atoms with E-state index in [4.69, 9.17) is 18.0 Å². The Morgan fingerprint density at radius 2 is 1.96 bits per heavy atom. The van der Waals surface area contributed by atoms with Gasteiger partial charge < -0.3 is 5.73 Å². The molecule has 0 bridgehead atoms. The molecule has 2 N–H and O–H groups in total. The van der Waals surface area contributed by atoms with Gasteiger partial charge in [-0.3, -0.25) is 9.36 Å². The first kappa shape index (κ1) is 15.3. The van der Waals surface area contributed by atoms with E-state index in [1.165, 1.54) is 22.8 Å². The van der Waals surface area contributed by atoms with Gasteiger partial charge in [0.25, 0.3) is 5.56 Å². The first-order valence-electron chi connectivity index (χ1n) is 7.02. The number of aryl methyl sites for hydroxylation is 1. The van der Waals surface area contributed by atoms with Crippen LogP contribution >= 0.6 is 12.2 Å². The highest BCUT2D eigenvalue weighted by molar-refractivity contribution is 7.80. The Morgan fingerprint density at radius 3 is 2.61 bits per heavy atom.